The Bertz CT molecular complexity index is 586. The lowest BCUT2D eigenvalue weighted by Crippen LogP contribution is -2.25. The number of hydrogen-bond acceptors (Lipinski definition) is 1. The Hall–Kier alpha value is -1.28. The SMILES string of the molecule is Cc1c(Br)cccc1NC1CCC(c2ccccc2)CC1. The molecule has 0 heterocycles. The molecule has 0 aliphatic heterocycles. The second-order valence-corrected chi connectivity index (χ2v) is 6.87. The lowest BCUT2D eigenvalue weighted by atomic mass is 9.81. The maximum absolute atomic E-state index is 3.73. The van der Waals surface area contributed by atoms with Crippen molar-refractivity contribution in [2.45, 2.75) is 44.6 Å². The van der Waals surface area contributed by atoms with E-state index in [4.69, 9.17) is 0 Å². The van der Waals surface area contributed by atoms with Crippen molar-refractivity contribution in [2.24, 2.45) is 0 Å². The summed E-state index contributed by atoms with van der Waals surface area (Å²) in [5.41, 5.74) is 4.09. The van der Waals surface area contributed by atoms with Gasteiger partial charge in [0.1, 0.15) is 0 Å². The number of halogens is 1. The first-order chi connectivity index (χ1) is 10.2. The molecule has 0 saturated heterocycles. The van der Waals surface area contributed by atoms with E-state index in [1.807, 2.05) is 0 Å². The second kappa shape index (κ2) is 6.65. The van der Waals surface area contributed by atoms with Crippen molar-refractivity contribution in [3.63, 3.8) is 0 Å². The van der Waals surface area contributed by atoms with Gasteiger partial charge in [0.25, 0.3) is 0 Å². The second-order valence-electron chi connectivity index (χ2n) is 6.02. The molecule has 1 aliphatic rings. The first-order valence-corrected chi connectivity index (χ1v) is 8.60. The summed E-state index contributed by atoms with van der Waals surface area (Å²) in [7, 11) is 0. The highest BCUT2D eigenvalue weighted by Crippen LogP contribution is 2.34. The molecule has 0 spiro atoms. The maximum Gasteiger partial charge on any atom is 0.0383 e. The summed E-state index contributed by atoms with van der Waals surface area (Å²) in [5.74, 6) is 0.743. The average molecular weight is 344 g/mol. The van der Waals surface area contributed by atoms with Gasteiger partial charge in [-0.15, -0.1) is 0 Å². The van der Waals surface area contributed by atoms with Crippen molar-refractivity contribution >= 4 is 21.6 Å². The van der Waals surface area contributed by atoms with E-state index >= 15 is 0 Å². The summed E-state index contributed by atoms with van der Waals surface area (Å²) >= 11 is 3.61. The van der Waals surface area contributed by atoms with Gasteiger partial charge in [-0.1, -0.05) is 52.3 Å². The third kappa shape index (κ3) is 3.49. The van der Waals surface area contributed by atoms with Crippen LogP contribution in [0.5, 0.6) is 0 Å². The number of hydrogen-bond donors (Lipinski definition) is 1. The molecule has 0 bridgehead atoms. The molecule has 1 nitrogen and oxygen atoms in total. The van der Waals surface area contributed by atoms with Crippen molar-refractivity contribution in [2.75, 3.05) is 5.32 Å². The summed E-state index contributed by atoms with van der Waals surface area (Å²) in [5, 5.41) is 3.73. The molecule has 0 radical (unpaired) electrons. The summed E-state index contributed by atoms with van der Waals surface area (Å²) in [6.45, 7) is 2.17. The van der Waals surface area contributed by atoms with Gasteiger partial charge in [-0.05, 0) is 61.8 Å². The third-order valence-corrected chi connectivity index (χ3v) is 5.48. The molecule has 0 amide bonds. The van der Waals surface area contributed by atoms with Crippen LogP contribution in [0.3, 0.4) is 0 Å². The Morgan fingerprint density at radius 3 is 2.33 bits per heavy atom. The van der Waals surface area contributed by atoms with Crippen LogP contribution in [0.4, 0.5) is 5.69 Å². The molecular weight excluding hydrogens is 322 g/mol. The predicted octanol–water partition coefficient (Wildman–Crippen LogP) is 5.90. The number of benzene rings is 2. The van der Waals surface area contributed by atoms with Gasteiger partial charge >= 0.3 is 0 Å². The summed E-state index contributed by atoms with van der Waals surface area (Å²) in [4.78, 5) is 0. The topological polar surface area (TPSA) is 12.0 Å². The Balaban J connectivity index is 1.60. The smallest absolute Gasteiger partial charge is 0.0383 e. The molecule has 0 atom stereocenters. The van der Waals surface area contributed by atoms with E-state index in [2.05, 4.69) is 76.7 Å². The normalized spacial score (nSPS) is 22.0. The Labute approximate surface area is 135 Å². The first kappa shape index (κ1) is 14.6. The van der Waals surface area contributed by atoms with E-state index in [-0.39, 0.29) is 0 Å². The molecule has 1 fully saturated rings. The van der Waals surface area contributed by atoms with E-state index in [0.29, 0.717) is 6.04 Å². The fourth-order valence-electron chi connectivity index (χ4n) is 3.28. The molecule has 1 aliphatic carbocycles. The van der Waals surface area contributed by atoms with E-state index in [1.165, 1.54) is 47.0 Å². The van der Waals surface area contributed by atoms with Gasteiger partial charge in [0.05, 0.1) is 0 Å². The molecule has 21 heavy (non-hydrogen) atoms. The van der Waals surface area contributed by atoms with E-state index < -0.39 is 0 Å². The minimum atomic E-state index is 0.609. The molecule has 0 aromatic heterocycles. The van der Waals surface area contributed by atoms with Gasteiger partial charge in [-0.3, -0.25) is 0 Å². The zero-order valence-corrected chi connectivity index (χ0v) is 14.1. The van der Waals surface area contributed by atoms with Crippen LogP contribution in [0.15, 0.2) is 53.0 Å². The van der Waals surface area contributed by atoms with Crippen LogP contribution >= 0.6 is 15.9 Å². The summed E-state index contributed by atoms with van der Waals surface area (Å²) in [6, 6.07) is 18.0. The van der Waals surface area contributed by atoms with Gasteiger partial charge in [-0.25, -0.2) is 0 Å². The summed E-state index contributed by atoms with van der Waals surface area (Å²) < 4.78 is 1.19. The van der Waals surface area contributed by atoms with Crippen LogP contribution < -0.4 is 5.32 Å². The van der Waals surface area contributed by atoms with Gasteiger partial charge in [-0.2, -0.15) is 0 Å². The lowest BCUT2D eigenvalue weighted by molar-refractivity contribution is 0.412. The highest BCUT2D eigenvalue weighted by atomic mass is 79.9. The minimum Gasteiger partial charge on any atom is -0.382 e. The quantitative estimate of drug-likeness (QED) is 0.731. The van der Waals surface area contributed by atoms with Gasteiger partial charge in [0.2, 0.25) is 0 Å². The highest BCUT2D eigenvalue weighted by molar-refractivity contribution is 9.10. The molecule has 0 unspecified atom stereocenters. The van der Waals surface area contributed by atoms with E-state index in [0.717, 1.165) is 5.92 Å². The first-order valence-electron chi connectivity index (χ1n) is 7.80. The van der Waals surface area contributed by atoms with Crippen LogP contribution in [-0.4, -0.2) is 6.04 Å². The Kier molecular flexibility index (Phi) is 4.64. The largest absolute Gasteiger partial charge is 0.382 e. The molecule has 1 N–H and O–H groups in total. The Morgan fingerprint density at radius 1 is 0.905 bits per heavy atom. The van der Waals surface area contributed by atoms with Crippen molar-refractivity contribution in [3.8, 4) is 0 Å². The van der Waals surface area contributed by atoms with Gasteiger partial charge in [0.15, 0.2) is 0 Å². The molecule has 2 heteroatoms. The van der Waals surface area contributed by atoms with Crippen LogP contribution in [-0.2, 0) is 0 Å². The van der Waals surface area contributed by atoms with Crippen molar-refractivity contribution in [1.82, 2.24) is 0 Å². The molecule has 110 valence electrons. The van der Waals surface area contributed by atoms with E-state index in [9.17, 15) is 0 Å². The van der Waals surface area contributed by atoms with Crippen LogP contribution in [0.2, 0.25) is 0 Å². The van der Waals surface area contributed by atoms with Gasteiger partial charge < -0.3 is 5.32 Å². The lowest BCUT2D eigenvalue weighted by Gasteiger charge is -2.30. The number of rotatable bonds is 3. The minimum absolute atomic E-state index is 0.609. The third-order valence-electron chi connectivity index (χ3n) is 4.63. The fourth-order valence-corrected chi connectivity index (χ4v) is 3.65. The van der Waals surface area contributed by atoms with Crippen LogP contribution in [0.1, 0.15) is 42.7 Å². The van der Waals surface area contributed by atoms with E-state index in [1.54, 1.807) is 0 Å². The molecule has 2 aromatic carbocycles. The zero-order chi connectivity index (χ0) is 14.7. The van der Waals surface area contributed by atoms with Crippen LogP contribution in [0.25, 0.3) is 0 Å². The highest BCUT2D eigenvalue weighted by Gasteiger charge is 2.22. The standard InChI is InChI=1S/C19H22BrN/c1-14-18(20)8-5-9-19(14)21-17-12-10-16(11-13-17)15-6-3-2-4-7-15/h2-9,16-17,21H,10-13H2,1H3. The number of anilines is 1. The molecular formula is C19H22BrN. The maximum atomic E-state index is 3.73. The summed E-state index contributed by atoms with van der Waals surface area (Å²) in [6.07, 6.45) is 5.08. The van der Waals surface area contributed by atoms with Gasteiger partial charge in [0, 0.05) is 16.2 Å². The fraction of sp³-hybridized carbons (Fsp3) is 0.368. The molecule has 1 saturated carbocycles. The average Bonchev–Trinajstić information content (AvgIpc) is 2.53. The van der Waals surface area contributed by atoms with Crippen molar-refractivity contribution in [1.29, 1.82) is 0 Å². The molecule has 3 rings (SSSR count). The van der Waals surface area contributed by atoms with Crippen LogP contribution in [0, 0.1) is 6.92 Å². The number of nitrogens with one attached hydrogen (secondary N) is 1. The predicted molar refractivity (Wildman–Crippen MR) is 93.9 cm³/mol. The molecule has 2 aromatic rings. The Morgan fingerprint density at radius 2 is 1.62 bits per heavy atom. The zero-order valence-electron chi connectivity index (χ0n) is 12.5. The monoisotopic (exact) mass is 343 g/mol. The van der Waals surface area contributed by atoms with Crippen molar-refractivity contribution < 1.29 is 0 Å². The van der Waals surface area contributed by atoms with Crippen molar-refractivity contribution in [3.05, 3.63) is 64.1 Å².